The maximum absolute atomic E-state index is 11.0. The molecule has 1 aromatic rings. The summed E-state index contributed by atoms with van der Waals surface area (Å²) in [6.07, 6.45) is 4.19. The van der Waals surface area contributed by atoms with Crippen molar-refractivity contribution in [3.05, 3.63) is 34.9 Å². The number of benzene rings is 1. The summed E-state index contributed by atoms with van der Waals surface area (Å²) in [6, 6.07) is 6.41. The lowest BCUT2D eigenvalue weighted by atomic mass is 9.67. The van der Waals surface area contributed by atoms with E-state index in [9.17, 15) is 5.11 Å². The molecule has 0 radical (unpaired) electrons. The Bertz CT molecular complexity index is 403. The first-order valence-corrected chi connectivity index (χ1v) is 7.21. The largest absolute Gasteiger partial charge is 0.389 e. The number of aliphatic hydroxyl groups is 1. The normalized spacial score (nSPS) is 32.5. The third-order valence-corrected chi connectivity index (χ3v) is 5.10. The number of aryl methyl sites for hydroxylation is 2. The molecular formula is C17H26O. The molecule has 3 unspecified atom stereocenters. The van der Waals surface area contributed by atoms with Gasteiger partial charge in [-0.3, -0.25) is 0 Å². The lowest BCUT2D eigenvalue weighted by Crippen LogP contribution is -2.45. The Morgan fingerprint density at radius 2 is 1.83 bits per heavy atom. The van der Waals surface area contributed by atoms with Gasteiger partial charge in [0.2, 0.25) is 0 Å². The summed E-state index contributed by atoms with van der Waals surface area (Å²) in [5.41, 5.74) is 3.47. The van der Waals surface area contributed by atoms with Crippen LogP contribution >= 0.6 is 0 Å². The Hall–Kier alpha value is -0.820. The van der Waals surface area contributed by atoms with Gasteiger partial charge >= 0.3 is 0 Å². The van der Waals surface area contributed by atoms with E-state index in [1.165, 1.54) is 23.1 Å². The molecule has 0 aromatic heterocycles. The molecule has 0 saturated heterocycles. The van der Waals surface area contributed by atoms with E-state index in [0.29, 0.717) is 11.8 Å². The molecule has 0 heterocycles. The molecule has 3 atom stereocenters. The summed E-state index contributed by atoms with van der Waals surface area (Å²) in [7, 11) is 0. The molecule has 100 valence electrons. The average molecular weight is 246 g/mol. The van der Waals surface area contributed by atoms with Gasteiger partial charge in [-0.2, -0.15) is 0 Å². The lowest BCUT2D eigenvalue weighted by Gasteiger charge is -2.42. The standard InChI is InChI=1S/C17H26O/c1-12-9-6-10-17(18,15(12)4)11-16-13(2)7-5-8-14(16)3/h5,7-8,12,15,18H,6,9-11H2,1-4H3. The van der Waals surface area contributed by atoms with Gasteiger partial charge in [0.25, 0.3) is 0 Å². The van der Waals surface area contributed by atoms with Crippen LogP contribution in [0.5, 0.6) is 0 Å². The van der Waals surface area contributed by atoms with Crippen LogP contribution in [0.15, 0.2) is 18.2 Å². The van der Waals surface area contributed by atoms with Crippen molar-refractivity contribution < 1.29 is 5.11 Å². The minimum absolute atomic E-state index is 0.394. The second-order valence-corrected chi connectivity index (χ2v) is 6.31. The van der Waals surface area contributed by atoms with Gasteiger partial charge in [-0.25, -0.2) is 0 Å². The Balaban J connectivity index is 2.27. The molecule has 1 aromatic carbocycles. The minimum Gasteiger partial charge on any atom is -0.389 e. The molecule has 1 heteroatoms. The van der Waals surface area contributed by atoms with Gasteiger partial charge in [0.05, 0.1) is 5.60 Å². The first kappa shape index (κ1) is 13.6. The van der Waals surface area contributed by atoms with Gasteiger partial charge in [-0.05, 0) is 48.8 Å². The molecule has 1 aliphatic rings. The SMILES string of the molecule is Cc1cccc(C)c1CC1(O)CCCC(C)C1C. The van der Waals surface area contributed by atoms with Crippen molar-refractivity contribution in [2.45, 2.75) is 59.0 Å². The highest BCUT2D eigenvalue weighted by molar-refractivity contribution is 5.35. The van der Waals surface area contributed by atoms with Crippen LogP contribution in [0, 0.1) is 25.7 Å². The summed E-state index contributed by atoms with van der Waals surface area (Å²) in [5, 5.41) is 11.0. The first-order chi connectivity index (χ1) is 8.44. The number of rotatable bonds is 2. The third-order valence-electron chi connectivity index (χ3n) is 5.10. The van der Waals surface area contributed by atoms with E-state index >= 15 is 0 Å². The van der Waals surface area contributed by atoms with Gasteiger partial charge in [0.1, 0.15) is 0 Å². The van der Waals surface area contributed by atoms with Gasteiger partial charge < -0.3 is 5.11 Å². The van der Waals surface area contributed by atoms with Crippen molar-refractivity contribution in [1.82, 2.24) is 0 Å². The summed E-state index contributed by atoms with van der Waals surface area (Å²) in [6.45, 7) is 8.81. The van der Waals surface area contributed by atoms with Gasteiger partial charge in [0.15, 0.2) is 0 Å². The van der Waals surface area contributed by atoms with Crippen LogP contribution in [-0.2, 0) is 6.42 Å². The average Bonchev–Trinajstić information content (AvgIpc) is 2.31. The predicted molar refractivity (Wildman–Crippen MR) is 76.7 cm³/mol. The highest BCUT2D eigenvalue weighted by Crippen LogP contribution is 2.40. The van der Waals surface area contributed by atoms with Crippen molar-refractivity contribution in [3.8, 4) is 0 Å². The zero-order valence-corrected chi connectivity index (χ0v) is 12.2. The van der Waals surface area contributed by atoms with E-state index in [0.717, 1.165) is 19.3 Å². The molecule has 1 fully saturated rings. The Labute approximate surface area is 111 Å². The van der Waals surface area contributed by atoms with Crippen LogP contribution in [0.3, 0.4) is 0 Å². The molecule has 1 nitrogen and oxygen atoms in total. The number of hydrogen-bond acceptors (Lipinski definition) is 1. The highest BCUT2D eigenvalue weighted by Gasteiger charge is 2.40. The van der Waals surface area contributed by atoms with Crippen molar-refractivity contribution in [2.24, 2.45) is 11.8 Å². The summed E-state index contributed by atoms with van der Waals surface area (Å²) >= 11 is 0. The summed E-state index contributed by atoms with van der Waals surface area (Å²) in [5.74, 6) is 1.03. The quantitative estimate of drug-likeness (QED) is 0.835. The Morgan fingerprint density at radius 1 is 1.22 bits per heavy atom. The number of hydrogen-bond donors (Lipinski definition) is 1. The van der Waals surface area contributed by atoms with E-state index in [1.807, 2.05) is 0 Å². The second kappa shape index (κ2) is 5.05. The topological polar surface area (TPSA) is 20.2 Å². The van der Waals surface area contributed by atoms with Crippen molar-refractivity contribution in [1.29, 1.82) is 0 Å². The van der Waals surface area contributed by atoms with E-state index < -0.39 is 5.60 Å². The molecular weight excluding hydrogens is 220 g/mol. The maximum Gasteiger partial charge on any atom is 0.0716 e. The third kappa shape index (κ3) is 2.47. The maximum atomic E-state index is 11.0. The molecule has 1 N–H and O–H groups in total. The molecule has 0 amide bonds. The van der Waals surface area contributed by atoms with Crippen LogP contribution in [0.4, 0.5) is 0 Å². The molecule has 2 rings (SSSR count). The fourth-order valence-electron chi connectivity index (χ4n) is 3.42. The first-order valence-electron chi connectivity index (χ1n) is 7.21. The van der Waals surface area contributed by atoms with Crippen LogP contribution < -0.4 is 0 Å². The Morgan fingerprint density at radius 3 is 2.44 bits per heavy atom. The van der Waals surface area contributed by atoms with Gasteiger partial charge in [-0.1, -0.05) is 44.9 Å². The van der Waals surface area contributed by atoms with Crippen LogP contribution in [-0.4, -0.2) is 10.7 Å². The fourth-order valence-corrected chi connectivity index (χ4v) is 3.42. The molecule has 0 aliphatic heterocycles. The molecule has 1 aliphatic carbocycles. The van der Waals surface area contributed by atoms with Crippen LogP contribution in [0.2, 0.25) is 0 Å². The highest BCUT2D eigenvalue weighted by atomic mass is 16.3. The zero-order valence-electron chi connectivity index (χ0n) is 12.2. The predicted octanol–water partition coefficient (Wildman–Crippen LogP) is 4.03. The van der Waals surface area contributed by atoms with Crippen LogP contribution in [0.1, 0.15) is 49.8 Å². The van der Waals surface area contributed by atoms with Crippen molar-refractivity contribution in [2.75, 3.05) is 0 Å². The van der Waals surface area contributed by atoms with Crippen LogP contribution in [0.25, 0.3) is 0 Å². The molecule has 1 saturated carbocycles. The smallest absolute Gasteiger partial charge is 0.0716 e. The van der Waals surface area contributed by atoms with Gasteiger partial charge in [0, 0.05) is 6.42 Å². The summed E-state index contributed by atoms with van der Waals surface area (Å²) in [4.78, 5) is 0. The van der Waals surface area contributed by atoms with Crippen molar-refractivity contribution >= 4 is 0 Å². The minimum atomic E-state index is -0.505. The monoisotopic (exact) mass is 246 g/mol. The summed E-state index contributed by atoms with van der Waals surface area (Å²) < 4.78 is 0. The Kier molecular flexibility index (Phi) is 3.82. The van der Waals surface area contributed by atoms with E-state index in [4.69, 9.17) is 0 Å². The van der Waals surface area contributed by atoms with Crippen molar-refractivity contribution in [3.63, 3.8) is 0 Å². The molecule has 0 bridgehead atoms. The molecule has 18 heavy (non-hydrogen) atoms. The zero-order chi connectivity index (χ0) is 13.3. The van der Waals surface area contributed by atoms with E-state index in [-0.39, 0.29) is 0 Å². The second-order valence-electron chi connectivity index (χ2n) is 6.31. The van der Waals surface area contributed by atoms with E-state index in [2.05, 4.69) is 45.9 Å². The fraction of sp³-hybridized carbons (Fsp3) is 0.647. The van der Waals surface area contributed by atoms with E-state index in [1.54, 1.807) is 0 Å². The van der Waals surface area contributed by atoms with Gasteiger partial charge in [-0.15, -0.1) is 0 Å². The molecule has 0 spiro atoms. The lowest BCUT2D eigenvalue weighted by molar-refractivity contribution is -0.0622.